The van der Waals surface area contributed by atoms with Gasteiger partial charge in [0.1, 0.15) is 0 Å². The zero-order valence-electron chi connectivity index (χ0n) is 2.00. The fourth-order valence-corrected chi connectivity index (χ4v) is 5.06. The van der Waals surface area contributed by atoms with Crippen molar-refractivity contribution in [1.29, 1.82) is 0 Å². The highest BCUT2D eigenvalue weighted by Gasteiger charge is 1.87. The van der Waals surface area contributed by atoms with Crippen LogP contribution in [0.15, 0.2) is 0 Å². The van der Waals surface area contributed by atoms with E-state index in [1.165, 1.54) is 33.4 Å². The van der Waals surface area contributed by atoms with Crippen molar-refractivity contribution in [2.75, 3.05) is 0 Å². The summed E-state index contributed by atoms with van der Waals surface area (Å²) in [5.74, 6) is 0. The Balaban J connectivity index is 2.47. The minimum Gasteiger partial charge on any atom is -0.0305 e. The molecule has 1 rings (SSSR count). The second-order valence-corrected chi connectivity index (χ2v) is 13.5. The lowest BCUT2D eigenvalue weighted by Crippen LogP contribution is -2.24. The van der Waals surface area contributed by atoms with Gasteiger partial charge in [-0.15, -0.1) is 0 Å². The van der Waals surface area contributed by atoms with E-state index in [9.17, 15) is 0 Å². The first-order valence-electron chi connectivity index (χ1n) is 1.00. The Hall–Kier alpha value is 0.868. The van der Waals surface area contributed by atoms with Gasteiger partial charge in [-0.2, -0.15) is 0 Å². The van der Waals surface area contributed by atoms with Gasteiger partial charge in [-0.05, 0) is 16.3 Å². The van der Waals surface area contributed by atoms with Crippen LogP contribution in [0.1, 0.15) is 0 Å². The summed E-state index contributed by atoms with van der Waals surface area (Å²) in [4.78, 5) is 0. The molecule has 0 fully saturated rings. The van der Waals surface area contributed by atoms with Gasteiger partial charge in [-0.25, -0.2) is 0 Å². The van der Waals surface area contributed by atoms with E-state index in [-0.39, 0.29) is 0 Å². The van der Waals surface area contributed by atoms with Crippen molar-refractivity contribution in [3.8, 4) is 0 Å². The zero-order chi connectivity index (χ0) is 2.83. The van der Waals surface area contributed by atoms with Crippen molar-refractivity contribution >= 4 is 33.4 Å². The lowest BCUT2D eigenvalue weighted by atomic mass is 26.2. The van der Waals surface area contributed by atoms with Gasteiger partial charge in [0.15, 0.2) is 0 Å². The summed E-state index contributed by atoms with van der Waals surface area (Å²) in [5, 5.41) is 0. The molecule has 0 bridgehead atoms. The number of hydrogen-bond acceptors (Lipinski definition) is 0. The Morgan fingerprint density at radius 2 is 1.00 bits per heavy atom. The Kier molecular flexibility index (Phi) is 1.03. The normalized spacial score (nSPS) is 20.0. The van der Waals surface area contributed by atoms with Gasteiger partial charge < -0.3 is 0 Å². The molecular weight excluding hydrogens is 112 g/mol. The van der Waals surface area contributed by atoms with Crippen LogP contribution in [0.4, 0.5) is 0 Å². The quantitative estimate of drug-likeness (QED) is 0.334. The van der Waals surface area contributed by atoms with Crippen LogP contribution in [0.2, 0.25) is 0 Å². The minimum atomic E-state index is 1.39. The molecule has 0 aromatic rings. The van der Waals surface area contributed by atoms with E-state index >= 15 is 0 Å². The molecule has 0 atom stereocenters. The summed E-state index contributed by atoms with van der Waals surface area (Å²) in [5.41, 5.74) is 0. The van der Waals surface area contributed by atoms with Crippen molar-refractivity contribution in [3.05, 3.63) is 0 Å². The monoisotopic (exact) mass is 112 g/mol. The molecule has 0 aromatic carbocycles. The van der Waals surface area contributed by atoms with Crippen molar-refractivity contribution in [2.45, 2.75) is 0 Å². The Bertz CT molecular complexity index is 29.3. The second-order valence-electron chi connectivity index (χ2n) is 0.500. The molecule has 0 spiro atoms. The van der Waals surface area contributed by atoms with Crippen LogP contribution in [0.3, 0.4) is 0 Å². The van der Waals surface area contributed by atoms with E-state index in [2.05, 4.69) is 0 Å². The topological polar surface area (TPSA) is 0 Å². The number of rotatable bonds is 0. The molecule has 0 amide bonds. The first-order valence-corrected chi connectivity index (χ1v) is 9.00. The first kappa shape index (κ1) is 3.07. The highest BCUT2D eigenvalue weighted by atomic mass is 30.0. The average molecular weight is 112 g/mol. The molecule has 0 aromatic heterocycles. The molecule has 0 saturated heterocycles. The molecular formula is Si4. The minimum absolute atomic E-state index is 1.39. The summed E-state index contributed by atoms with van der Waals surface area (Å²) in [6.07, 6.45) is 0. The molecule has 16 valence electrons. The van der Waals surface area contributed by atoms with E-state index in [0.29, 0.717) is 0 Å². The predicted octanol–water partition coefficient (Wildman–Crippen LogP) is -1.52. The molecule has 1 heterocycles. The van der Waals surface area contributed by atoms with Crippen molar-refractivity contribution in [2.24, 2.45) is 0 Å². The Morgan fingerprint density at radius 1 is 0.750 bits per heavy atom. The molecule has 0 saturated carbocycles. The molecule has 1 aliphatic rings. The third-order valence-electron chi connectivity index (χ3n) is 0.250. The molecule has 0 unspecified atom stereocenters. The molecule has 6 radical (unpaired) electrons. The summed E-state index contributed by atoms with van der Waals surface area (Å²) in [6, 6.07) is 0. The summed E-state index contributed by atoms with van der Waals surface area (Å²) < 4.78 is 0. The van der Waals surface area contributed by atoms with Crippen molar-refractivity contribution in [1.82, 2.24) is 0 Å². The summed E-state index contributed by atoms with van der Waals surface area (Å²) in [6.45, 7) is 0. The second kappa shape index (κ2) is 1.34. The Morgan fingerprint density at radius 3 is 1.00 bits per heavy atom. The first-order chi connectivity index (χ1) is 2.00. The predicted molar refractivity (Wildman–Crippen MR) is 23.0 cm³/mol. The lowest BCUT2D eigenvalue weighted by Gasteiger charge is -1.86. The summed E-state index contributed by atoms with van der Waals surface area (Å²) >= 11 is 0. The van der Waals surface area contributed by atoms with Crippen molar-refractivity contribution < 1.29 is 0 Å². The highest BCUT2D eigenvalue weighted by molar-refractivity contribution is 7.62. The standard InChI is InChI=1S/Si4/c1-2-4-3-1. The third-order valence-corrected chi connectivity index (χ3v) is 20.2. The van der Waals surface area contributed by atoms with E-state index in [1.807, 2.05) is 0 Å². The number of hydrogen-bond donors (Lipinski definition) is 0. The van der Waals surface area contributed by atoms with E-state index in [0.717, 1.165) is 0 Å². The molecule has 4 heavy (non-hydrogen) atoms. The van der Waals surface area contributed by atoms with Crippen LogP contribution >= 0.6 is 0 Å². The fraction of sp³-hybridized carbons (Fsp3) is 0. The summed E-state index contributed by atoms with van der Waals surface area (Å²) in [7, 11) is 5.56. The van der Waals surface area contributed by atoms with E-state index in [1.54, 1.807) is 0 Å². The maximum atomic E-state index is 1.39. The average Bonchev–Trinajstić information content (AvgIpc) is 0.722. The largest absolute Gasteiger partial charge is 0.0305 e. The van der Waals surface area contributed by atoms with Crippen LogP contribution in [-0.4, -0.2) is 33.4 Å². The van der Waals surface area contributed by atoms with E-state index in [4.69, 9.17) is 0 Å². The van der Waals surface area contributed by atoms with Gasteiger partial charge in [0.25, 0.3) is 0 Å². The molecule has 0 nitrogen and oxygen atoms in total. The maximum Gasteiger partial charge on any atom is 0.0305 e. The van der Waals surface area contributed by atoms with Crippen LogP contribution < -0.4 is 0 Å². The highest BCUT2D eigenvalue weighted by Crippen LogP contribution is 1.48. The molecule has 0 N–H and O–H groups in total. The van der Waals surface area contributed by atoms with E-state index < -0.39 is 0 Å². The van der Waals surface area contributed by atoms with Crippen LogP contribution in [0.5, 0.6) is 0 Å². The van der Waals surface area contributed by atoms with Gasteiger partial charge >= 0.3 is 0 Å². The van der Waals surface area contributed by atoms with Gasteiger partial charge in [0, 0.05) is 17.1 Å². The van der Waals surface area contributed by atoms with Gasteiger partial charge in [0.2, 0.25) is 0 Å². The smallest absolute Gasteiger partial charge is 0.0305 e. The molecule has 4 heteroatoms. The fourth-order valence-electron chi connectivity index (χ4n) is 0.0625. The SMILES string of the molecule is [Si]1[Si][Si]=[Si]1. The van der Waals surface area contributed by atoms with Crippen molar-refractivity contribution in [3.63, 3.8) is 0 Å². The molecule has 0 aliphatic carbocycles. The zero-order valence-corrected chi connectivity index (χ0v) is 6.00. The maximum absolute atomic E-state index is 1.39. The van der Waals surface area contributed by atoms with Crippen LogP contribution in [0.25, 0.3) is 0 Å². The third kappa shape index (κ3) is 0.422. The lowest BCUT2D eigenvalue weighted by molar-refractivity contribution is 3.89. The van der Waals surface area contributed by atoms with Gasteiger partial charge in [-0.3, -0.25) is 0 Å². The Labute approximate surface area is 34.0 Å². The van der Waals surface area contributed by atoms with Gasteiger partial charge in [-0.1, -0.05) is 0 Å². The van der Waals surface area contributed by atoms with Crippen LogP contribution in [-0.2, 0) is 0 Å². The molecule has 1 aliphatic heterocycles. The van der Waals surface area contributed by atoms with Crippen LogP contribution in [0, 0.1) is 0 Å². The van der Waals surface area contributed by atoms with Gasteiger partial charge in [0.05, 0.1) is 0 Å².